The average Bonchev–Trinajstić information content (AvgIpc) is 2.53. The zero-order valence-corrected chi connectivity index (χ0v) is 13.4. The van der Waals surface area contributed by atoms with Crippen molar-refractivity contribution < 1.29 is 4.79 Å². The molecule has 0 radical (unpaired) electrons. The van der Waals surface area contributed by atoms with Crippen LogP contribution in [-0.4, -0.2) is 19.0 Å². The highest BCUT2D eigenvalue weighted by Gasteiger charge is 2.21. The summed E-state index contributed by atoms with van der Waals surface area (Å²) in [5.74, 6) is 0.0986. The van der Waals surface area contributed by atoms with E-state index in [1.54, 1.807) is 0 Å². The van der Waals surface area contributed by atoms with Gasteiger partial charge >= 0.3 is 0 Å². The fourth-order valence-corrected chi connectivity index (χ4v) is 3.11. The Labute approximate surface area is 135 Å². The minimum absolute atomic E-state index is 0.0986. The second-order valence-electron chi connectivity index (χ2n) is 5.59. The first-order valence-corrected chi connectivity index (χ1v) is 7.91. The molecule has 0 atom stereocenters. The third kappa shape index (κ3) is 3.09. The molecule has 2 aromatic carbocycles. The number of hydrogen-bond donors (Lipinski definition) is 1. The van der Waals surface area contributed by atoms with Crippen molar-refractivity contribution >= 4 is 28.9 Å². The first kappa shape index (κ1) is 14.9. The smallest absolute Gasteiger partial charge is 0.246 e. The van der Waals surface area contributed by atoms with Crippen LogP contribution in [0.3, 0.4) is 0 Å². The number of carbonyl (C=O) groups is 1. The van der Waals surface area contributed by atoms with Crippen LogP contribution in [0.5, 0.6) is 0 Å². The number of nitrogens with one attached hydrogen (secondary N) is 1. The van der Waals surface area contributed by atoms with Gasteiger partial charge in [-0.1, -0.05) is 29.8 Å². The molecule has 114 valence electrons. The molecule has 2 aromatic rings. The maximum atomic E-state index is 12.5. The van der Waals surface area contributed by atoms with Crippen molar-refractivity contribution in [2.75, 3.05) is 23.3 Å². The van der Waals surface area contributed by atoms with Crippen LogP contribution < -0.4 is 10.2 Å². The summed E-state index contributed by atoms with van der Waals surface area (Å²) in [7, 11) is 0. The first-order valence-electron chi connectivity index (χ1n) is 7.53. The monoisotopic (exact) mass is 314 g/mol. The molecular formula is C18H19ClN2O. The van der Waals surface area contributed by atoms with Crippen molar-refractivity contribution in [2.45, 2.75) is 19.8 Å². The standard InChI is InChI=1S/C18H19ClN2O/c1-13-11-15(19)8-9-16(13)20-12-18(22)21-10-4-6-14-5-2-3-7-17(14)21/h2-3,5,7-9,11,20H,4,6,10,12H2,1H3. The van der Waals surface area contributed by atoms with Crippen molar-refractivity contribution in [1.82, 2.24) is 0 Å². The van der Waals surface area contributed by atoms with Gasteiger partial charge in [0.2, 0.25) is 5.91 Å². The van der Waals surface area contributed by atoms with Gasteiger partial charge < -0.3 is 10.2 Å². The summed E-state index contributed by atoms with van der Waals surface area (Å²) in [6, 6.07) is 13.8. The summed E-state index contributed by atoms with van der Waals surface area (Å²) < 4.78 is 0. The van der Waals surface area contributed by atoms with E-state index in [0.29, 0.717) is 5.02 Å². The highest BCUT2D eigenvalue weighted by atomic mass is 35.5. The summed E-state index contributed by atoms with van der Waals surface area (Å²) >= 11 is 5.95. The lowest BCUT2D eigenvalue weighted by atomic mass is 10.0. The summed E-state index contributed by atoms with van der Waals surface area (Å²) in [6.45, 7) is 3.06. The molecule has 1 N–H and O–H groups in total. The van der Waals surface area contributed by atoms with Gasteiger partial charge in [0.25, 0.3) is 0 Å². The molecule has 4 heteroatoms. The first-order chi connectivity index (χ1) is 10.6. The SMILES string of the molecule is Cc1cc(Cl)ccc1NCC(=O)N1CCCc2ccccc21. The summed E-state index contributed by atoms with van der Waals surface area (Å²) in [4.78, 5) is 14.4. The van der Waals surface area contributed by atoms with Gasteiger partial charge in [-0.05, 0) is 55.2 Å². The van der Waals surface area contributed by atoms with Gasteiger partial charge in [-0.25, -0.2) is 0 Å². The van der Waals surface area contributed by atoms with E-state index in [4.69, 9.17) is 11.6 Å². The molecule has 1 aliphatic heterocycles. The topological polar surface area (TPSA) is 32.3 Å². The number of fused-ring (bicyclic) bond motifs is 1. The Kier molecular flexibility index (Phi) is 4.34. The number of benzene rings is 2. The van der Waals surface area contributed by atoms with Crippen molar-refractivity contribution in [2.24, 2.45) is 0 Å². The van der Waals surface area contributed by atoms with Gasteiger partial charge in [0.1, 0.15) is 0 Å². The Balaban J connectivity index is 1.70. The van der Waals surface area contributed by atoms with Crippen molar-refractivity contribution in [3.05, 3.63) is 58.6 Å². The molecule has 0 saturated carbocycles. The van der Waals surface area contributed by atoms with Crippen LogP contribution in [0.4, 0.5) is 11.4 Å². The van der Waals surface area contributed by atoms with Gasteiger partial charge in [-0.15, -0.1) is 0 Å². The molecule has 0 saturated heterocycles. The van der Waals surface area contributed by atoms with Gasteiger partial charge in [0.15, 0.2) is 0 Å². The van der Waals surface area contributed by atoms with Crippen molar-refractivity contribution in [1.29, 1.82) is 0 Å². The summed E-state index contributed by atoms with van der Waals surface area (Å²) in [5, 5.41) is 3.93. The number of anilines is 2. The van der Waals surface area contributed by atoms with Crippen LogP contribution in [0.15, 0.2) is 42.5 Å². The fraction of sp³-hybridized carbons (Fsp3) is 0.278. The van der Waals surface area contributed by atoms with Crippen molar-refractivity contribution in [3.63, 3.8) is 0 Å². The molecule has 3 nitrogen and oxygen atoms in total. The third-order valence-corrected chi connectivity index (χ3v) is 4.26. The number of halogens is 1. The molecule has 0 bridgehead atoms. The van der Waals surface area contributed by atoms with Crippen LogP contribution >= 0.6 is 11.6 Å². The van der Waals surface area contributed by atoms with E-state index >= 15 is 0 Å². The average molecular weight is 315 g/mol. The molecule has 0 aliphatic carbocycles. The summed E-state index contributed by atoms with van der Waals surface area (Å²) in [6.07, 6.45) is 2.06. The van der Waals surface area contributed by atoms with Gasteiger partial charge in [0.05, 0.1) is 6.54 Å². The van der Waals surface area contributed by atoms with E-state index in [1.165, 1.54) is 5.56 Å². The molecule has 3 rings (SSSR count). The molecule has 1 aliphatic rings. The normalized spacial score (nSPS) is 13.6. The van der Waals surface area contributed by atoms with Crippen LogP contribution in [0.2, 0.25) is 5.02 Å². The molecule has 0 fully saturated rings. The molecule has 0 aromatic heterocycles. The number of aryl methyl sites for hydroxylation is 2. The quantitative estimate of drug-likeness (QED) is 0.927. The fourth-order valence-electron chi connectivity index (χ4n) is 2.88. The van der Waals surface area contributed by atoms with E-state index < -0.39 is 0 Å². The number of hydrogen-bond acceptors (Lipinski definition) is 2. The predicted octanol–water partition coefficient (Wildman–Crippen LogP) is 4.04. The third-order valence-electron chi connectivity index (χ3n) is 4.03. The number of amides is 1. The Morgan fingerprint density at radius 1 is 1.27 bits per heavy atom. The number of nitrogens with zero attached hydrogens (tertiary/aromatic N) is 1. The minimum atomic E-state index is 0.0986. The second kappa shape index (κ2) is 6.41. The molecule has 0 unspecified atom stereocenters. The second-order valence-corrected chi connectivity index (χ2v) is 6.03. The Morgan fingerprint density at radius 2 is 2.09 bits per heavy atom. The largest absolute Gasteiger partial charge is 0.376 e. The lowest BCUT2D eigenvalue weighted by Crippen LogP contribution is -2.39. The lowest BCUT2D eigenvalue weighted by molar-refractivity contribution is -0.117. The lowest BCUT2D eigenvalue weighted by Gasteiger charge is -2.29. The highest BCUT2D eigenvalue weighted by Crippen LogP contribution is 2.27. The Morgan fingerprint density at radius 3 is 2.91 bits per heavy atom. The maximum absolute atomic E-state index is 12.5. The van der Waals surface area contributed by atoms with Crippen LogP contribution in [0.1, 0.15) is 17.5 Å². The van der Waals surface area contributed by atoms with E-state index in [2.05, 4.69) is 11.4 Å². The van der Waals surface area contributed by atoms with Gasteiger partial charge in [-0.2, -0.15) is 0 Å². The van der Waals surface area contributed by atoms with E-state index in [-0.39, 0.29) is 12.5 Å². The highest BCUT2D eigenvalue weighted by molar-refractivity contribution is 6.30. The predicted molar refractivity (Wildman–Crippen MR) is 91.8 cm³/mol. The van der Waals surface area contributed by atoms with Crippen LogP contribution in [-0.2, 0) is 11.2 Å². The van der Waals surface area contributed by atoms with E-state index in [0.717, 1.165) is 36.3 Å². The minimum Gasteiger partial charge on any atom is -0.376 e. The molecule has 22 heavy (non-hydrogen) atoms. The number of rotatable bonds is 3. The zero-order valence-electron chi connectivity index (χ0n) is 12.6. The molecule has 0 spiro atoms. The zero-order chi connectivity index (χ0) is 15.5. The van der Waals surface area contributed by atoms with E-state index in [1.807, 2.05) is 48.2 Å². The molecule has 1 amide bonds. The van der Waals surface area contributed by atoms with Crippen molar-refractivity contribution in [3.8, 4) is 0 Å². The Hall–Kier alpha value is -2.00. The maximum Gasteiger partial charge on any atom is 0.246 e. The number of para-hydroxylation sites is 1. The van der Waals surface area contributed by atoms with Gasteiger partial charge in [0, 0.05) is 22.9 Å². The Bertz CT molecular complexity index is 699. The number of carbonyl (C=O) groups excluding carboxylic acids is 1. The van der Waals surface area contributed by atoms with E-state index in [9.17, 15) is 4.79 Å². The van der Waals surface area contributed by atoms with Gasteiger partial charge in [-0.3, -0.25) is 4.79 Å². The van der Waals surface area contributed by atoms with Crippen LogP contribution in [0.25, 0.3) is 0 Å². The van der Waals surface area contributed by atoms with Crippen LogP contribution in [0, 0.1) is 6.92 Å². The summed E-state index contributed by atoms with van der Waals surface area (Å²) in [5.41, 5.74) is 4.29. The molecule has 1 heterocycles. The molecular weight excluding hydrogens is 296 g/mol.